The minimum absolute atomic E-state index is 0.344. The Balaban J connectivity index is 1.98. The Labute approximate surface area is 140 Å². The van der Waals surface area contributed by atoms with E-state index in [1.807, 2.05) is 19.9 Å². The van der Waals surface area contributed by atoms with Gasteiger partial charge in [-0.3, -0.25) is 0 Å². The maximum Gasteiger partial charge on any atom is 0.338 e. The zero-order valence-corrected chi connectivity index (χ0v) is 14.0. The Morgan fingerprint density at radius 1 is 1.13 bits per heavy atom. The first kappa shape index (κ1) is 16.8. The van der Waals surface area contributed by atoms with Crippen LogP contribution >= 0.6 is 12.2 Å². The van der Waals surface area contributed by atoms with Crippen LogP contribution in [0.4, 0.5) is 11.6 Å². The van der Waals surface area contributed by atoms with Crippen LogP contribution in [-0.4, -0.2) is 27.7 Å². The number of anilines is 2. The maximum absolute atomic E-state index is 11.6. The Hall–Kier alpha value is -2.54. The minimum Gasteiger partial charge on any atom is -0.462 e. The van der Waals surface area contributed by atoms with Gasteiger partial charge in [-0.05, 0) is 63.3 Å². The van der Waals surface area contributed by atoms with E-state index in [9.17, 15) is 4.79 Å². The highest BCUT2D eigenvalue weighted by molar-refractivity contribution is 7.80. The normalized spacial score (nSPS) is 10.0. The van der Waals surface area contributed by atoms with Gasteiger partial charge in [0, 0.05) is 17.1 Å². The Bertz CT molecular complexity index is 696. The summed E-state index contributed by atoms with van der Waals surface area (Å²) in [5, 5.41) is 6.33. The highest BCUT2D eigenvalue weighted by atomic mass is 32.1. The van der Waals surface area contributed by atoms with Gasteiger partial charge in [0.25, 0.3) is 0 Å². The molecule has 0 radical (unpaired) electrons. The number of rotatable bonds is 4. The zero-order chi connectivity index (χ0) is 16.8. The van der Waals surface area contributed by atoms with E-state index < -0.39 is 0 Å². The van der Waals surface area contributed by atoms with Crippen molar-refractivity contribution >= 4 is 34.9 Å². The van der Waals surface area contributed by atoms with Crippen LogP contribution in [-0.2, 0) is 4.74 Å². The first-order valence-corrected chi connectivity index (χ1v) is 7.56. The Morgan fingerprint density at radius 3 is 2.30 bits per heavy atom. The maximum atomic E-state index is 11.6. The Morgan fingerprint density at radius 2 is 1.74 bits per heavy atom. The lowest BCUT2D eigenvalue weighted by molar-refractivity contribution is 0.0526. The molecule has 0 bridgehead atoms. The summed E-state index contributed by atoms with van der Waals surface area (Å²) in [7, 11) is 0. The molecule has 7 heteroatoms. The van der Waals surface area contributed by atoms with Crippen molar-refractivity contribution in [3.63, 3.8) is 0 Å². The van der Waals surface area contributed by atoms with E-state index in [0.717, 1.165) is 17.1 Å². The number of aryl methyl sites for hydroxylation is 2. The van der Waals surface area contributed by atoms with E-state index >= 15 is 0 Å². The molecular formula is C16H18N4O2S. The number of nitrogens with zero attached hydrogens (tertiary/aromatic N) is 2. The largest absolute Gasteiger partial charge is 0.462 e. The minimum atomic E-state index is -0.344. The van der Waals surface area contributed by atoms with Gasteiger partial charge in [0.2, 0.25) is 5.95 Å². The number of ether oxygens (including phenoxy) is 1. The molecule has 0 aliphatic heterocycles. The molecule has 0 amide bonds. The summed E-state index contributed by atoms with van der Waals surface area (Å²) in [6.07, 6.45) is 0. The molecule has 1 heterocycles. The SMILES string of the molecule is CCOC(=O)c1ccc(NC(=S)Nc2nc(C)cc(C)n2)cc1. The third-order valence-electron chi connectivity index (χ3n) is 2.86. The molecule has 0 spiro atoms. The number of aromatic nitrogens is 2. The first-order valence-electron chi connectivity index (χ1n) is 7.15. The van der Waals surface area contributed by atoms with Gasteiger partial charge in [-0.15, -0.1) is 0 Å². The van der Waals surface area contributed by atoms with Crippen LogP contribution in [0.5, 0.6) is 0 Å². The fourth-order valence-electron chi connectivity index (χ4n) is 1.95. The molecule has 2 aromatic rings. The second kappa shape index (κ2) is 7.64. The third kappa shape index (κ3) is 5.00. The van der Waals surface area contributed by atoms with E-state index in [0.29, 0.717) is 23.2 Å². The van der Waals surface area contributed by atoms with Crippen molar-refractivity contribution in [1.29, 1.82) is 0 Å². The molecule has 6 nitrogen and oxygen atoms in total. The number of hydrogen-bond acceptors (Lipinski definition) is 5. The molecule has 23 heavy (non-hydrogen) atoms. The molecule has 0 unspecified atom stereocenters. The summed E-state index contributed by atoms with van der Waals surface area (Å²) in [4.78, 5) is 20.1. The highest BCUT2D eigenvalue weighted by Crippen LogP contribution is 2.11. The number of carbonyl (C=O) groups excluding carboxylic acids is 1. The van der Waals surface area contributed by atoms with Gasteiger partial charge in [0.05, 0.1) is 12.2 Å². The lowest BCUT2D eigenvalue weighted by Gasteiger charge is -2.10. The van der Waals surface area contributed by atoms with E-state index in [-0.39, 0.29) is 5.97 Å². The third-order valence-corrected chi connectivity index (χ3v) is 3.07. The second-order valence-corrected chi connectivity index (χ2v) is 5.26. The number of carbonyl (C=O) groups is 1. The van der Waals surface area contributed by atoms with Gasteiger partial charge in [0.15, 0.2) is 5.11 Å². The smallest absolute Gasteiger partial charge is 0.338 e. The van der Waals surface area contributed by atoms with Crippen LogP contribution < -0.4 is 10.6 Å². The number of benzene rings is 1. The number of nitrogens with one attached hydrogen (secondary N) is 2. The molecule has 0 aliphatic rings. The van der Waals surface area contributed by atoms with Gasteiger partial charge in [0.1, 0.15) is 0 Å². The molecule has 1 aromatic carbocycles. The average molecular weight is 330 g/mol. The van der Waals surface area contributed by atoms with Crippen molar-refractivity contribution in [2.45, 2.75) is 20.8 Å². The molecule has 1 aromatic heterocycles. The van der Waals surface area contributed by atoms with Crippen molar-refractivity contribution in [2.75, 3.05) is 17.2 Å². The molecule has 0 aliphatic carbocycles. The van der Waals surface area contributed by atoms with Gasteiger partial charge >= 0.3 is 5.97 Å². The molecule has 2 N–H and O–H groups in total. The lowest BCUT2D eigenvalue weighted by atomic mass is 10.2. The van der Waals surface area contributed by atoms with Crippen molar-refractivity contribution in [1.82, 2.24) is 9.97 Å². The van der Waals surface area contributed by atoms with Crippen LogP contribution in [0, 0.1) is 13.8 Å². The first-order chi connectivity index (χ1) is 11.0. The predicted octanol–water partition coefficient (Wildman–Crippen LogP) is 3.08. The average Bonchev–Trinajstić information content (AvgIpc) is 2.47. The zero-order valence-electron chi connectivity index (χ0n) is 13.2. The van der Waals surface area contributed by atoms with Gasteiger partial charge in [-0.2, -0.15) is 0 Å². The quantitative estimate of drug-likeness (QED) is 0.659. The number of thiocarbonyl (C=S) groups is 1. The Kier molecular flexibility index (Phi) is 5.59. The standard InChI is InChI=1S/C16H18N4O2S/c1-4-22-14(21)12-5-7-13(8-6-12)19-16(23)20-15-17-10(2)9-11(3)18-15/h5-9H,4H2,1-3H3,(H2,17,18,19,20,23). The molecule has 0 fully saturated rings. The van der Waals surface area contributed by atoms with E-state index in [4.69, 9.17) is 17.0 Å². The van der Waals surface area contributed by atoms with Crippen LogP contribution in [0.2, 0.25) is 0 Å². The fourth-order valence-corrected chi connectivity index (χ4v) is 2.16. The van der Waals surface area contributed by atoms with Gasteiger partial charge in [-0.1, -0.05) is 0 Å². The van der Waals surface area contributed by atoms with E-state index in [2.05, 4.69) is 20.6 Å². The predicted molar refractivity (Wildman–Crippen MR) is 93.7 cm³/mol. The number of hydrogen-bond donors (Lipinski definition) is 2. The summed E-state index contributed by atoms with van der Waals surface area (Å²) in [5.74, 6) is 0.103. The van der Waals surface area contributed by atoms with Crippen LogP contribution in [0.3, 0.4) is 0 Å². The summed E-state index contributed by atoms with van der Waals surface area (Å²) in [6, 6.07) is 8.74. The van der Waals surface area contributed by atoms with Crippen LogP contribution in [0.15, 0.2) is 30.3 Å². The summed E-state index contributed by atoms with van der Waals surface area (Å²) in [6.45, 7) is 5.91. The lowest BCUT2D eigenvalue weighted by Crippen LogP contribution is -2.21. The summed E-state index contributed by atoms with van der Waals surface area (Å²) >= 11 is 5.24. The van der Waals surface area contributed by atoms with E-state index in [1.165, 1.54) is 0 Å². The molecule has 2 rings (SSSR count). The van der Waals surface area contributed by atoms with Crippen LogP contribution in [0.25, 0.3) is 0 Å². The molecular weight excluding hydrogens is 312 g/mol. The molecule has 0 atom stereocenters. The summed E-state index contributed by atoms with van der Waals surface area (Å²) in [5.41, 5.74) is 2.97. The van der Waals surface area contributed by atoms with Crippen molar-refractivity contribution in [3.05, 3.63) is 47.3 Å². The fraction of sp³-hybridized carbons (Fsp3) is 0.250. The van der Waals surface area contributed by atoms with Crippen molar-refractivity contribution in [2.24, 2.45) is 0 Å². The number of esters is 1. The van der Waals surface area contributed by atoms with Crippen molar-refractivity contribution < 1.29 is 9.53 Å². The van der Waals surface area contributed by atoms with Gasteiger partial charge < -0.3 is 15.4 Å². The van der Waals surface area contributed by atoms with E-state index in [1.54, 1.807) is 31.2 Å². The van der Waals surface area contributed by atoms with Crippen molar-refractivity contribution in [3.8, 4) is 0 Å². The van der Waals surface area contributed by atoms with Gasteiger partial charge in [-0.25, -0.2) is 14.8 Å². The highest BCUT2D eigenvalue weighted by Gasteiger charge is 2.07. The molecule has 0 saturated heterocycles. The molecule has 120 valence electrons. The second-order valence-electron chi connectivity index (χ2n) is 4.85. The monoisotopic (exact) mass is 330 g/mol. The summed E-state index contributed by atoms with van der Waals surface area (Å²) < 4.78 is 4.94. The topological polar surface area (TPSA) is 76.1 Å². The van der Waals surface area contributed by atoms with Crippen LogP contribution in [0.1, 0.15) is 28.7 Å². The molecule has 0 saturated carbocycles.